The van der Waals surface area contributed by atoms with Crippen LogP contribution in [-0.4, -0.2) is 32.5 Å². The van der Waals surface area contributed by atoms with Crippen LogP contribution >= 0.6 is 0 Å². The standard InChI is InChI=1S/C19H19NO4S/c1-13(18-12-15-6-4-5-7-17(15)24-18)20(2)19(21)14-8-10-16(11-9-14)25(3,22)23/h4-13H,1-3H3. The molecular formula is C19H19NO4S. The average Bonchev–Trinajstić information content (AvgIpc) is 3.03. The van der Waals surface area contributed by atoms with Crippen molar-refractivity contribution in [1.82, 2.24) is 4.90 Å². The molecule has 1 unspecified atom stereocenters. The zero-order chi connectivity index (χ0) is 18.2. The van der Waals surface area contributed by atoms with Gasteiger partial charge in [0.2, 0.25) is 0 Å². The largest absolute Gasteiger partial charge is 0.459 e. The highest BCUT2D eigenvalue weighted by Crippen LogP contribution is 2.27. The zero-order valence-electron chi connectivity index (χ0n) is 14.3. The molecule has 0 aliphatic heterocycles. The molecule has 0 aliphatic rings. The van der Waals surface area contributed by atoms with E-state index in [-0.39, 0.29) is 16.8 Å². The Bertz CT molecular complexity index is 986. The minimum Gasteiger partial charge on any atom is -0.459 e. The molecule has 0 fully saturated rings. The predicted octanol–water partition coefficient (Wildman–Crippen LogP) is 3.67. The van der Waals surface area contributed by atoms with Gasteiger partial charge in [0.15, 0.2) is 9.84 Å². The number of hydrogen-bond acceptors (Lipinski definition) is 4. The van der Waals surface area contributed by atoms with Crippen molar-refractivity contribution in [3.8, 4) is 0 Å². The Labute approximate surface area is 146 Å². The van der Waals surface area contributed by atoms with Gasteiger partial charge in [-0.2, -0.15) is 0 Å². The van der Waals surface area contributed by atoms with Crippen LogP contribution in [0, 0.1) is 0 Å². The van der Waals surface area contributed by atoms with Gasteiger partial charge in [-0.1, -0.05) is 18.2 Å². The molecule has 0 saturated heterocycles. The van der Waals surface area contributed by atoms with Gasteiger partial charge in [0.05, 0.1) is 10.9 Å². The third-order valence-electron chi connectivity index (χ3n) is 4.29. The van der Waals surface area contributed by atoms with Gasteiger partial charge in [-0.15, -0.1) is 0 Å². The van der Waals surface area contributed by atoms with Crippen LogP contribution in [0.3, 0.4) is 0 Å². The molecule has 2 aromatic carbocycles. The van der Waals surface area contributed by atoms with Gasteiger partial charge in [-0.05, 0) is 43.3 Å². The SMILES string of the molecule is CC(c1cc2ccccc2o1)N(C)C(=O)c1ccc(S(C)(=O)=O)cc1. The van der Waals surface area contributed by atoms with E-state index in [0.29, 0.717) is 11.3 Å². The first kappa shape index (κ1) is 17.2. The molecule has 0 radical (unpaired) electrons. The van der Waals surface area contributed by atoms with Crippen LogP contribution in [0.5, 0.6) is 0 Å². The van der Waals surface area contributed by atoms with E-state index in [0.717, 1.165) is 17.2 Å². The van der Waals surface area contributed by atoms with E-state index in [9.17, 15) is 13.2 Å². The molecular weight excluding hydrogens is 338 g/mol. The molecule has 3 rings (SSSR count). The smallest absolute Gasteiger partial charge is 0.254 e. The van der Waals surface area contributed by atoms with Gasteiger partial charge in [-0.3, -0.25) is 4.79 Å². The van der Waals surface area contributed by atoms with Gasteiger partial charge >= 0.3 is 0 Å². The molecule has 0 N–H and O–H groups in total. The van der Waals surface area contributed by atoms with Crippen LogP contribution in [0.15, 0.2) is 63.9 Å². The van der Waals surface area contributed by atoms with Crippen LogP contribution in [0.25, 0.3) is 11.0 Å². The van der Waals surface area contributed by atoms with Crippen LogP contribution in [-0.2, 0) is 9.84 Å². The van der Waals surface area contributed by atoms with Gasteiger partial charge in [-0.25, -0.2) is 8.42 Å². The maximum Gasteiger partial charge on any atom is 0.254 e. The first-order valence-electron chi connectivity index (χ1n) is 7.83. The number of nitrogens with zero attached hydrogens (tertiary/aromatic N) is 1. The van der Waals surface area contributed by atoms with Gasteiger partial charge in [0.25, 0.3) is 5.91 Å². The fourth-order valence-corrected chi connectivity index (χ4v) is 3.25. The molecule has 6 heteroatoms. The molecule has 1 heterocycles. The van der Waals surface area contributed by atoms with Crippen molar-refractivity contribution in [2.24, 2.45) is 0 Å². The monoisotopic (exact) mass is 357 g/mol. The molecule has 130 valence electrons. The first-order chi connectivity index (χ1) is 11.8. The lowest BCUT2D eigenvalue weighted by Gasteiger charge is -2.23. The quantitative estimate of drug-likeness (QED) is 0.714. The van der Waals surface area contributed by atoms with E-state index in [1.807, 2.05) is 37.3 Å². The van der Waals surface area contributed by atoms with Crippen molar-refractivity contribution in [2.45, 2.75) is 17.9 Å². The van der Waals surface area contributed by atoms with Gasteiger partial charge in [0.1, 0.15) is 11.3 Å². The Morgan fingerprint density at radius 1 is 1.08 bits per heavy atom. The predicted molar refractivity (Wildman–Crippen MR) is 96.3 cm³/mol. The Morgan fingerprint density at radius 3 is 2.32 bits per heavy atom. The number of fused-ring (bicyclic) bond motifs is 1. The highest BCUT2D eigenvalue weighted by molar-refractivity contribution is 7.90. The summed E-state index contributed by atoms with van der Waals surface area (Å²) in [6, 6.07) is 15.3. The zero-order valence-corrected chi connectivity index (χ0v) is 15.1. The lowest BCUT2D eigenvalue weighted by Crippen LogP contribution is -2.29. The number of rotatable bonds is 4. The van der Waals surface area contributed by atoms with E-state index in [1.165, 1.54) is 24.3 Å². The molecule has 1 amide bonds. The number of carbonyl (C=O) groups excluding carboxylic acids is 1. The second kappa shape index (κ2) is 6.37. The fraction of sp³-hybridized carbons (Fsp3) is 0.211. The van der Waals surface area contributed by atoms with Gasteiger partial charge < -0.3 is 9.32 Å². The topological polar surface area (TPSA) is 67.6 Å². The number of para-hydroxylation sites is 1. The number of sulfone groups is 1. The third kappa shape index (κ3) is 3.44. The highest BCUT2D eigenvalue weighted by Gasteiger charge is 2.22. The second-order valence-corrected chi connectivity index (χ2v) is 8.09. The summed E-state index contributed by atoms with van der Waals surface area (Å²) in [5, 5.41) is 0.989. The van der Waals surface area contributed by atoms with Crippen LogP contribution in [0.4, 0.5) is 0 Å². The lowest BCUT2D eigenvalue weighted by molar-refractivity contribution is 0.0727. The summed E-state index contributed by atoms with van der Waals surface area (Å²) in [4.78, 5) is 14.4. The van der Waals surface area contributed by atoms with Crippen molar-refractivity contribution < 1.29 is 17.6 Å². The summed E-state index contributed by atoms with van der Waals surface area (Å²) in [5.41, 5.74) is 1.21. The normalized spacial score (nSPS) is 12.9. The number of amides is 1. The molecule has 0 aliphatic carbocycles. The van der Waals surface area contributed by atoms with E-state index < -0.39 is 9.84 Å². The summed E-state index contributed by atoms with van der Waals surface area (Å²) < 4.78 is 28.9. The minimum atomic E-state index is -3.28. The maximum atomic E-state index is 12.7. The summed E-state index contributed by atoms with van der Waals surface area (Å²) >= 11 is 0. The lowest BCUT2D eigenvalue weighted by atomic mass is 10.1. The first-order valence-corrected chi connectivity index (χ1v) is 9.72. The second-order valence-electron chi connectivity index (χ2n) is 6.08. The fourth-order valence-electron chi connectivity index (χ4n) is 2.62. The van der Waals surface area contributed by atoms with E-state index in [2.05, 4.69) is 0 Å². The molecule has 5 nitrogen and oxygen atoms in total. The number of benzene rings is 2. The average molecular weight is 357 g/mol. The maximum absolute atomic E-state index is 12.7. The van der Waals surface area contributed by atoms with Crippen LogP contribution in [0.1, 0.15) is 29.1 Å². The Kier molecular flexibility index (Phi) is 4.39. The van der Waals surface area contributed by atoms with Crippen LogP contribution < -0.4 is 0 Å². The minimum absolute atomic E-state index is 0.192. The number of hydrogen-bond donors (Lipinski definition) is 0. The number of furan rings is 1. The molecule has 25 heavy (non-hydrogen) atoms. The van der Waals surface area contributed by atoms with Crippen molar-refractivity contribution in [3.05, 3.63) is 65.9 Å². The van der Waals surface area contributed by atoms with Crippen LogP contribution in [0.2, 0.25) is 0 Å². The summed E-state index contributed by atoms with van der Waals surface area (Å²) in [6.45, 7) is 1.89. The molecule has 0 saturated carbocycles. The third-order valence-corrected chi connectivity index (χ3v) is 5.42. The molecule has 1 aromatic heterocycles. The molecule has 0 spiro atoms. The Balaban J connectivity index is 1.83. The van der Waals surface area contributed by atoms with Gasteiger partial charge in [0, 0.05) is 24.3 Å². The summed E-state index contributed by atoms with van der Waals surface area (Å²) in [6.07, 6.45) is 1.14. The van der Waals surface area contributed by atoms with Crippen molar-refractivity contribution in [1.29, 1.82) is 0 Å². The molecule has 3 aromatic rings. The van der Waals surface area contributed by atoms with E-state index in [1.54, 1.807) is 11.9 Å². The summed E-state index contributed by atoms with van der Waals surface area (Å²) in [5.74, 6) is 0.498. The van der Waals surface area contributed by atoms with E-state index in [4.69, 9.17) is 4.42 Å². The van der Waals surface area contributed by atoms with Crippen molar-refractivity contribution in [3.63, 3.8) is 0 Å². The molecule has 0 bridgehead atoms. The van der Waals surface area contributed by atoms with Crippen molar-refractivity contribution >= 4 is 26.7 Å². The Morgan fingerprint density at radius 2 is 1.72 bits per heavy atom. The Hall–Kier alpha value is -2.60. The van der Waals surface area contributed by atoms with E-state index >= 15 is 0 Å². The van der Waals surface area contributed by atoms with Crippen molar-refractivity contribution in [2.75, 3.05) is 13.3 Å². The molecule has 1 atom stereocenters. The number of carbonyl (C=O) groups is 1. The highest BCUT2D eigenvalue weighted by atomic mass is 32.2. The summed E-state index contributed by atoms with van der Waals surface area (Å²) in [7, 11) is -1.58.